The van der Waals surface area contributed by atoms with E-state index in [4.69, 9.17) is 22.2 Å². The maximum atomic E-state index is 6.10. The molecule has 3 nitrogen and oxygen atoms in total. The van der Waals surface area contributed by atoms with Crippen LogP contribution < -0.4 is 5.73 Å². The van der Waals surface area contributed by atoms with E-state index in [1.165, 1.54) is 17.5 Å². The zero-order chi connectivity index (χ0) is 15.1. The highest BCUT2D eigenvalue weighted by Gasteiger charge is 2.37. The Morgan fingerprint density at radius 3 is 2.91 bits per heavy atom. The molecule has 0 fully saturated rings. The third kappa shape index (κ3) is 2.41. The van der Waals surface area contributed by atoms with Crippen molar-refractivity contribution in [2.45, 2.75) is 31.3 Å². The lowest BCUT2D eigenvalue weighted by Gasteiger charge is -2.34. The van der Waals surface area contributed by atoms with Gasteiger partial charge in [-0.05, 0) is 42.5 Å². The molecule has 114 valence electrons. The molecule has 1 aliphatic heterocycles. The molecule has 22 heavy (non-hydrogen) atoms. The molecule has 2 aromatic rings. The average Bonchev–Trinajstić information content (AvgIpc) is 3.12. The minimum Gasteiger partial charge on any atom is -0.387 e. The van der Waals surface area contributed by atoms with Crippen molar-refractivity contribution in [3.8, 4) is 0 Å². The van der Waals surface area contributed by atoms with E-state index in [9.17, 15) is 0 Å². The third-order valence-electron chi connectivity index (χ3n) is 4.34. The van der Waals surface area contributed by atoms with Gasteiger partial charge in [0.1, 0.15) is 6.04 Å². The van der Waals surface area contributed by atoms with Crippen molar-refractivity contribution in [3.63, 3.8) is 0 Å². The van der Waals surface area contributed by atoms with Crippen LogP contribution in [0.25, 0.3) is 0 Å². The number of nitrogens with two attached hydrogens (primary N) is 1. The molecule has 0 radical (unpaired) electrons. The molecular weight excluding hydrogens is 316 g/mol. The van der Waals surface area contributed by atoms with E-state index in [0.29, 0.717) is 5.88 Å². The fourth-order valence-electron chi connectivity index (χ4n) is 3.38. The van der Waals surface area contributed by atoms with Gasteiger partial charge in [-0.2, -0.15) is 0 Å². The summed E-state index contributed by atoms with van der Waals surface area (Å²) in [6.07, 6.45) is 5.35. The molecule has 1 aliphatic carbocycles. The Labute approximate surface area is 138 Å². The molecule has 2 N–H and O–H groups in total. The number of aryl methyl sites for hydroxylation is 1. The second kappa shape index (κ2) is 5.61. The highest BCUT2D eigenvalue weighted by Crippen LogP contribution is 2.44. The number of hydroxylamine groups is 2. The highest BCUT2D eigenvalue weighted by molar-refractivity contribution is 7.16. The number of rotatable bonds is 2. The maximum absolute atomic E-state index is 6.10. The summed E-state index contributed by atoms with van der Waals surface area (Å²) in [6.45, 7) is 0. The van der Waals surface area contributed by atoms with E-state index < -0.39 is 0 Å². The molecule has 0 saturated carbocycles. The van der Waals surface area contributed by atoms with Gasteiger partial charge in [0.15, 0.2) is 0 Å². The Kier molecular flexibility index (Phi) is 3.60. The summed E-state index contributed by atoms with van der Waals surface area (Å²) < 4.78 is 0.790. The van der Waals surface area contributed by atoms with Crippen LogP contribution in [0.5, 0.6) is 0 Å². The summed E-state index contributed by atoms with van der Waals surface area (Å²) >= 11 is 7.68. The number of thiophene rings is 1. The van der Waals surface area contributed by atoms with Gasteiger partial charge in [-0.3, -0.25) is 0 Å². The molecule has 4 rings (SSSR count). The Hall–Kier alpha value is -1.49. The molecule has 2 atom stereocenters. The van der Waals surface area contributed by atoms with E-state index >= 15 is 0 Å². The molecule has 1 aromatic heterocycles. The summed E-state index contributed by atoms with van der Waals surface area (Å²) in [7, 11) is 0. The van der Waals surface area contributed by atoms with Crippen LogP contribution in [0.15, 0.2) is 48.4 Å². The van der Waals surface area contributed by atoms with Crippen LogP contribution in [0.4, 0.5) is 0 Å². The second-order valence-electron chi connectivity index (χ2n) is 5.71. The standard InChI is InChI=1S/C17H17ClN2OS/c18-16-9-8-15(22-16)14-10-17(19)21-20(14)13-7-3-5-11-4-1-2-6-12(11)13/h1-2,4,6,8-10,13-14H,3,5,7,19H2. The first-order chi connectivity index (χ1) is 10.7. The summed E-state index contributed by atoms with van der Waals surface area (Å²) in [4.78, 5) is 7.03. The molecule has 0 saturated heterocycles. The molecular formula is C17H17ClN2OS. The van der Waals surface area contributed by atoms with Gasteiger partial charge in [0.2, 0.25) is 5.88 Å². The Morgan fingerprint density at radius 1 is 1.23 bits per heavy atom. The van der Waals surface area contributed by atoms with Crippen LogP contribution in [0.2, 0.25) is 4.34 Å². The Bertz CT molecular complexity index is 727. The molecule has 0 bridgehead atoms. The van der Waals surface area contributed by atoms with E-state index in [-0.39, 0.29) is 12.1 Å². The van der Waals surface area contributed by atoms with Gasteiger partial charge in [0.25, 0.3) is 0 Å². The smallest absolute Gasteiger partial charge is 0.207 e. The minimum absolute atomic E-state index is 0.0358. The van der Waals surface area contributed by atoms with Crippen LogP contribution in [-0.2, 0) is 11.3 Å². The van der Waals surface area contributed by atoms with Crippen molar-refractivity contribution in [3.05, 3.63) is 68.7 Å². The summed E-state index contributed by atoms with van der Waals surface area (Å²) in [6, 6.07) is 12.9. The van der Waals surface area contributed by atoms with Crippen molar-refractivity contribution < 1.29 is 4.84 Å². The van der Waals surface area contributed by atoms with Gasteiger partial charge < -0.3 is 10.6 Å². The number of fused-ring (bicyclic) bond motifs is 1. The quantitative estimate of drug-likeness (QED) is 0.875. The van der Waals surface area contributed by atoms with Crippen molar-refractivity contribution >= 4 is 22.9 Å². The largest absolute Gasteiger partial charge is 0.387 e. The van der Waals surface area contributed by atoms with Crippen molar-refractivity contribution in [1.29, 1.82) is 0 Å². The normalized spacial score (nSPS) is 24.7. The molecule has 1 aromatic carbocycles. The lowest BCUT2D eigenvalue weighted by molar-refractivity contribution is -0.157. The topological polar surface area (TPSA) is 38.5 Å². The number of hydrogen-bond donors (Lipinski definition) is 1. The predicted octanol–water partition coefficient (Wildman–Crippen LogP) is 4.57. The molecule has 0 amide bonds. The Morgan fingerprint density at radius 2 is 2.09 bits per heavy atom. The van der Waals surface area contributed by atoms with Gasteiger partial charge in [0, 0.05) is 11.0 Å². The summed E-state index contributed by atoms with van der Waals surface area (Å²) in [5.74, 6) is 0.470. The van der Waals surface area contributed by atoms with Crippen LogP contribution in [0, 0.1) is 0 Å². The maximum Gasteiger partial charge on any atom is 0.207 e. The van der Waals surface area contributed by atoms with Crippen molar-refractivity contribution in [2.24, 2.45) is 5.73 Å². The minimum atomic E-state index is 0.0358. The van der Waals surface area contributed by atoms with Crippen LogP contribution in [0.1, 0.15) is 40.9 Å². The number of nitrogens with zero attached hydrogens (tertiary/aromatic N) is 1. The van der Waals surface area contributed by atoms with E-state index in [2.05, 4.69) is 30.3 Å². The van der Waals surface area contributed by atoms with Gasteiger partial charge in [-0.25, -0.2) is 0 Å². The van der Waals surface area contributed by atoms with Crippen molar-refractivity contribution in [1.82, 2.24) is 5.06 Å². The molecule has 0 spiro atoms. The zero-order valence-corrected chi connectivity index (χ0v) is 13.6. The molecule has 2 heterocycles. The lowest BCUT2D eigenvalue weighted by atomic mass is 9.87. The molecule has 5 heteroatoms. The average molecular weight is 333 g/mol. The zero-order valence-electron chi connectivity index (χ0n) is 12.0. The molecule has 2 unspecified atom stereocenters. The first-order valence-electron chi connectivity index (χ1n) is 7.49. The fraction of sp³-hybridized carbons (Fsp3) is 0.294. The van der Waals surface area contributed by atoms with Gasteiger partial charge in [-0.1, -0.05) is 35.9 Å². The van der Waals surface area contributed by atoms with E-state index in [1.54, 1.807) is 11.3 Å². The van der Waals surface area contributed by atoms with Gasteiger partial charge >= 0.3 is 0 Å². The number of benzene rings is 1. The SMILES string of the molecule is NC1=CC(c2ccc(Cl)s2)N(C2CCCc3ccccc32)O1. The van der Waals surface area contributed by atoms with Crippen LogP contribution in [0.3, 0.4) is 0 Å². The van der Waals surface area contributed by atoms with Gasteiger partial charge in [-0.15, -0.1) is 16.4 Å². The predicted molar refractivity (Wildman–Crippen MR) is 89.4 cm³/mol. The van der Waals surface area contributed by atoms with Gasteiger partial charge in [0.05, 0.1) is 10.4 Å². The lowest BCUT2D eigenvalue weighted by Crippen LogP contribution is -2.31. The Balaban J connectivity index is 1.70. The number of halogens is 1. The van der Waals surface area contributed by atoms with Crippen LogP contribution >= 0.6 is 22.9 Å². The summed E-state index contributed by atoms with van der Waals surface area (Å²) in [5, 5.41) is 2.04. The van der Waals surface area contributed by atoms with Crippen LogP contribution in [-0.4, -0.2) is 5.06 Å². The highest BCUT2D eigenvalue weighted by atomic mass is 35.5. The second-order valence-corrected chi connectivity index (χ2v) is 7.46. The third-order valence-corrected chi connectivity index (χ3v) is 5.64. The number of hydrogen-bond acceptors (Lipinski definition) is 4. The van der Waals surface area contributed by atoms with E-state index in [0.717, 1.165) is 22.1 Å². The first-order valence-corrected chi connectivity index (χ1v) is 8.68. The molecule has 2 aliphatic rings. The monoisotopic (exact) mass is 332 g/mol. The first kappa shape index (κ1) is 14.1. The van der Waals surface area contributed by atoms with Crippen molar-refractivity contribution in [2.75, 3.05) is 0 Å². The fourth-order valence-corrected chi connectivity index (χ4v) is 4.50. The summed E-state index contributed by atoms with van der Waals surface area (Å²) in [5.41, 5.74) is 8.72. The van der Waals surface area contributed by atoms with E-state index in [1.807, 2.05) is 17.2 Å².